The van der Waals surface area contributed by atoms with Crippen molar-refractivity contribution in [3.63, 3.8) is 0 Å². The van der Waals surface area contributed by atoms with Gasteiger partial charge in [-0.15, -0.1) is 0 Å². The van der Waals surface area contributed by atoms with Crippen LogP contribution in [-0.4, -0.2) is 34.5 Å². The summed E-state index contributed by atoms with van der Waals surface area (Å²) in [6.45, 7) is 1.82. The summed E-state index contributed by atoms with van der Waals surface area (Å²) in [5.41, 5.74) is 2.63. The van der Waals surface area contributed by atoms with Gasteiger partial charge in [-0.25, -0.2) is 4.79 Å². The molecule has 1 amide bonds. The van der Waals surface area contributed by atoms with E-state index in [-0.39, 0.29) is 23.8 Å². The molecule has 0 radical (unpaired) electrons. The van der Waals surface area contributed by atoms with Crippen LogP contribution in [-0.2, 0) is 18.9 Å². The molecule has 0 spiro atoms. The second kappa shape index (κ2) is 8.86. The van der Waals surface area contributed by atoms with Crippen molar-refractivity contribution in [1.82, 2.24) is 9.13 Å². The van der Waals surface area contributed by atoms with Crippen molar-refractivity contribution in [3.8, 4) is 11.5 Å². The molecule has 0 aliphatic rings. The quantitative estimate of drug-likeness (QED) is 0.455. The van der Waals surface area contributed by atoms with E-state index in [0.29, 0.717) is 35.8 Å². The highest BCUT2D eigenvalue weighted by molar-refractivity contribution is 5.95. The van der Waals surface area contributed by atoms with Crippen LogP contribution in [0, 0.1) is 0 Å². The normalized spacial score (nSPS) is 10.8. The molecule has 3 rings (SSSR count). The molecule has 0 fully saturated rings. The maximum Gasteiger partial charge on any atom is 0.328 e. The van der Waals surface area contributed by atoms with E-state index < -0.39 is 0 Å². The third kappa shape index (κ3) is 4.37. The average molecular weight is 411 g/mol. The molecule has 0 bridgehead atoms. The van der Waals surface area contributed by atoms with Gasteiger partial charge in [-0.1, -0.05) is 0 Å². The Balaban J connectivity index is 1.54. The Hall–Kier alpha value is -3.55. The minimum atomic E-state index is -0.141. The van der Waals surface area contributed by atoms with Crippen LogP contribution in [0.15, 0.2) is 41.2 Å². The van der Waals surface area contributed by atoms with Crippen LogP contribution in [0.2, 0.25) is 0 Å². The predicted molar refractivity (Wildman–Crippen MR) is 115 cm³/mol. The lowest BCUT2D eigenvalue weighted by atomic mass is 10.1. The maximum atomic E-state index is 12.3. The van der Waals surface area contributed by atoms with Crippen LogP contribution in [0.1, 0.15) is 30.1 Å². The fraction of sp³-hybridized carbons (Fsp3) is 0.318. The number of methoxy groups -OCH3 is 1. The van der Waals surface area contributed by atoms with E-state index in [2.05, 4.69) is 5.32 Å². The number of aryl methyl sites for hydroxylation is 2. The summed E-state index contributed by atoms with van der Waals surface area (Å²) in [5, 5.41) is 2.85. The van der Waals surface area contributed by atoms with E-state index in [0.717, 1.165) is 11.0 Å². The molecule has 0 aliphatic heterocycles. The van der Waals surface area contributed by atoms with Gasteiger partial charge in [0.1, 0.15) is 0 Å². The first kappa shape index (κ1) is 21.2. The summed E-state index contributed by atoms with van der Waals surface area (Å²) in [6, 6.07) is 10.4. The van der Waals surface area contributed by atoms with Gasteiger partial charge in [-0.3, -0.25) is 18.7 Å². The fourth-order valence-corrected chi connectivity index (χ4v) is 3.23. The number of Topliss-reactive ketones (excluding diaryl/α,β-unsaturated/α-hetero) is 1. The average Bonchev–Trinajstić information content (AvgIpc) is 2.95. The number of imidazole rings is 1. The number of fused-ring (bicyclic) bond motifs is 1. The molecular weight excluding hydrogens is 386 g/mol. The van der Waals surface area contributed by atoms with Crippen molar-refractivity contribution in [2.45, 2.75) is 19.8 Å². The number of amides is 1. The first-order valence-electron chi connectivity index (χ1n) is 9.59. The number of anilines is 1. The number of carbonyl (C=O) groups is 2. The van der Waals surface area contributed by atoms with Crippen molar-refractivity contribution >= 4 is 28.4 Å². The molecule has 1 heterocycles. The Morgan fingerprint density at radius 1 is 1.00 bits per heavy atom. The molecule has 8 heteroatoms. The van der Waals surface area contributed by atoms with E-state index in [9.17, 15) is 14.4 Å². The van der Waals surface area contributed by atoms with Gasteiger partial charge in [0.05, 0.1) is 24.8 Å². The largest absolute Gasteiger partial charge is 0.493 e. The molecule has 1 aromatic heterocycles. The predicted octanol–water partition coefficient (Wildman–Crippen LogP) is 2.89. The Morgan fingerprint density at radius 3 is 2.43 bits per heavy atom. The molecule has 2 aromatic carbocycles. The standard InChI is InChI=1S/C22H25N3O5/c1-14(26)15-7-10-19(20(12-15)29-4)30-11-5-6-21(27)23-16-8-9-17-18(13-16)25(3)22(28)24(17)2/h7-10,12-13H,5-6,11H2,1-4H3,(H,23,27). The monoisotopic (exact) mass is 411 g/mol. The zero-order valence-corrected chi connectivity index (χ0v) is 17.5. The molecule has 30 heavy (non-hydrogen) atoms. The first-order valence-corrected chi connectivity index (χ1v) is 9.59. The summed E-state index contributed by atoms with van der Waals surface area (Å²) in [5.74, 6) is 0.815. The number of ether oxygens (including phenoxy) is 2. The second-order valence-corrected chi connectivity index (χ2v) is 7.03. The number of carbonyl (C=O) groups excluding carboxylic acids is 2. The van der Waals surface area contributed by atoms with Crippen molar-refractivity contribution < 1.29 is 19.1 Å². The molecule has 0 atom stereocenters. The van der Waals surface area contributed by atoms with Gasteiger partial charge in [0.15, 0.2) is 17.3 Å². The minimum absolute atomic E-state index is 0.0507. The Morgan fingerprint density at radius 2 is 1.73 bits per heavy atom. The summed E-state index contributed by atoms with van der Waals surface area (Å²) in [7, 11) is 4.93. The molecule has 0 unspecified atom stereocenters. The number of hydrogen-bond acceptors (Lipinski definition) is 5. The van der Waals surface area contributed by atoms with Gasteiger partial charge in [0.2, 0.25) is 5.91 Å². The van der Waals surface area contributed by atoms with E-state index in [1.54, 1.807) is 53.6 Å². The van der Waals surface area contributed by atoms with Crippen LogP contribution in [0.3, 0.4) is 0 Å². The third-order valence-corrected chi connectivity index (χ3v) is 4.93. The van der Waals surface area contributed by atoms with E-state index >= 15 is 0 Å². The van der Waals surface area contributed by atoms with E-state index in [1.165, 1.54) is 14.0 Å². The summed E-state index contributed by atoms with van der Waals surface area (Å²) in [4.78, 5) is 35.7. The molecule has 0 saturated carbocycles. The number of nitrogens with one attached hydrogen (secondary N) is 1. The minimum Gasteiger partial charge on any atom is -0.493 e. The molecule has 0 aliphatic carbocycles. The highest BCUT2D eigenvalue weighted by atomic mass is 16.5. The lowest BCUT2D eigenvalue weighted by molar-refractivity contribution is -0.116. The molecular formula is C22H25N3O5. The van der Waals surface area contributed by atoms with Gasteiger partial charge in [-0.05, 0) is 49.7 Å². The van der Waals surface area contributed by atoms with Gasteiger partial charge in [0.25, 0.3) is 0 Å². The molecule has 0 saturated heterocycles. The summed E-state index contributed by atoms with van der Waals surface area (Å²) < 4.78 is 14.1. The van der Waals surface area contributed by atoms with E-state index in [1.807, 2.05) is 6.07 Å². The highest BCUT2D eigenvalue weighted by Gasteiger charge is 2.11. The maximum absolute atomic E-state index is 12.3. The number of nitrogens with zero attached hydrogens (tertiary/aromatic N) is 2. The molecule has 158 valence electrons. The van der Waals surface area contributed by atoms with Crippen LogP contribution in [0.25, 0.3) is 11.0 Å². The summed E-state index contributed by atoms with van der Waals surface area (Å²) in [6.07, 6.45) is 0.787. The molecule has 3 aromatic rings. The van der Waals surface area contributed by atoms with Gasteiger partial charge in [-0.2, -0.15) is 0 Å². The zero-order chi connectivity index (χ0) is 21.8. The zero-order valence-electron chi connectivity index (χ0n) is 17.5. The number of benzene rings is 2. The van der Waals surface area contributed by atoms with Gasteiger partial charge in [0, 0.05) is 31.8 Å². The van der Waals surface area contributed by atoms with E-state index in [4.69, 9.17) is 9.47 Å². The number of rotatable bonds is 8. The number of aromatic nitrogens is 2. The summed E-state index contributed by atoms with van der Waals surface area (Å²) >= 11 is 0. The highest BCUT2D eigenvalue weighted by Crippen LogP contribution is 2.28. The van der Waals surface area contributed by atoms with Crippen molar-refractivity contribution in [3.05, 3.63) is 52.4 Å². The third-order valence-electron chi connectivity index (χ3n) is 4.93. The topological polar surface area (TPSA) is 91.6 Å². The van der Waals surface area contributed by atoms with Crippen molar-refractivity contribution in [2.24, 2.45) is 14.1 Å². The van der Waals surface area contributed by atoms with Crippen LogP contribution < -0.4 is 20.5 Å². The number of hydrogen-bond donors (Lipinski definition) is 1. The Labute approximate surface area is 174 Å². The SMILES string of the molecule is COc1cc(C(C)=O)ccc1OCCCC(=O)Nc1ccc2c(c1)n(C)c(=O)n2C. The van der Waals surface area contributed by atoms with Gasteiger partial charge >= 0.3 is 5.69 Å². The Bertz CT molecular complexity index is 1160. The lowest BCUT2D eigenvalue weighted by Crippen LogP contribution is -2.19. The number of ketones is 1. The smallest absolute Gasteiger partial charge is 0.328 e. The van der Waals surface area contributed by atoms with Crippen LogP contribution in [0.4, 0.5) is 5.69 Å². The van der Waals surface area contributed by atoms with Crippen LogP contribution >= 0.6 is 0 Å². The van der Waals surface area contributed by atoms with Crippen molar-refractivity contribution in [1.29, 1.82) is 0 Å². The molecule has 8 nitrogen and oxygen atoms in total. The van der Waals surface area contributed by atoms with Gasteiger partial charge < -0.3 is 14.8 Å². The Kier molecular flexibility index (Phi) is 6.25. The van der Waals surface area contributed by atoms with Crippen LogP contribution in [0.5, 0.6) is 11.5 Å². The second-order valence-electron chi connectivity index (χ2n) is 7.03. The van der Waals surface area contributed by atoms with Crippen molar-refractivity contribution in [2.75, 3.05) is 19.0 Å². The lowest BCUT2D eigenvalue weighted by Gasteiger charge is -2.11. The molecule has 1 N–H and O–H groups in total. The first-order chi connectivity index (χ1) is 14.3. The fourth-order valence-electron chi connectivity index (χ4n) is 3.23.